The number of halogens is 1. The minimum Gasteiger partial charge on any atom is -0.493 e. The molecule has 0 spiro atoms. The van der Waals surface area contributed by atoms with E-state index >= 15 is 0 Å². The van der Waals surface area contributed by atoms with Crippen molar-refractivity contribution in [2.45, 2.75) is 25.7 Å². The summed E-state index contributed by atoms with van der Waals surface area (Å²) >= 11 is 0. The molecule has 0 aliphatic carbocycles. The van der Waals surface area contributed by atoms with Gasteiger partial charge in [-0.1, -0.05) is 6.42 Å². The highest BCUT2D eigenvalue weighted by Crippen LogP contribution is 2.28. The molecule has 1 N–H and O–H groups in total. The summed E-state index contributed by atoms with van der Waals surface area (Å²) in [5.41, 5.74) is 3.41. The van der Waals surface area contributed by atoms with E-state index in [0.717, 1.165) is 19.6 Å². The fourth-order valence-electron chi connectivity index (χ4n) is 3.27. The summed E-state index contributed by atoms with van der Waals surface area (Å²) in [4.78, 5) is 26.5. The molecule has 2 aromatic carbocycles. The van der Waals surface area contributed by atoms with E-state index in [9.17, 15) is 14.0 Å². The van der Waals surface area contributed by atoms with Crippen molar-refractivity contribution in [3.63, 3.8) is 0 Å². The number of hydrazone groups is 1. The molecule has 7 nitrogen and oxygen atoms in total. The van der Waals surface area contributed by atoms with Gasteiger partial charge in [0.1, 0.15) is 5.82 Å². The van der Waals surface area contributed by atoms with Gasteiger partial charge in [-0.25, -0.2) is 14.6 Å². The number of nitrogens with one attached hydrogen (secondary N) is 1. The number of hydrogen-bond acceptors (Lipinski definition) is 6. The molecule has 8 heteroatoms. The van der Waals surface area contributed by atoms with Crippen molar-refractivity contribution in [3.05, 3.63) is 59.4 Å². The molecule has 0 radical (unpaired) electrons. The van der Waals surface area contributed by atoms with E-state index in [1.54, 1.807) is 18.2 Å². The van der Waals surface area contributed by atoms with Gasteiger partial charge in [-0.05, 0) is 74.0 Å². The van der Waals surface area contributed by atoms with Crippen molar-refractivity contribution in [2.24, 2.45) is 5.10 Å². The smallest absolute Gasteiger partial charge is 0.343 e. The van der Waals surface area contributed by atoms with Gasteiger partial charge in [0.15, 0.2) is 11.5 Å². The lowest BCUT2D eigenvalue weighted by Gasteiger charge is -2.25. The van der Waals surface area contributed by atoms with E-state index in [-0.39, 0.29) is 17.2 Å². The van der Waals surface area contributed by atoms with Crippen LogP contribution in [-0.4, -0.2) is 49.7 Å². The fourth-order valence-corrected chi connectivity index (χ4v) is 3.27. The molecule has 3 rings (SSSR count). The number of likely N-dealkylation sites (tertiary alicyclic amines) is 1. The van der Waals surface area contributed by atoms with E-state index in [1.165, 1.54) is 56.9 Å². The molecular formula is C23H26FN3O4. The number of ether oxygens (including phenoxy) is 2. The molecule has 0 aromatic heterocycles. The molecule has 1 aliphatic heterocycles. The van der Waals surface area contributed by atoms with Gasteiger partial charge in [-0.3, -0.25) is 4.79 Å². The Morgan fingerprint density at radius 2 is 1.84 bits per heavy atom. The van der Waals surface area contributed by atoms with Crippen LogP contribution in [-0.2, 0) is 4.79 Å². The SMILES string of the molecule is COc1cc(/C=N/NC(=O)CCN2CCCCC2)ccc1OC(=O)c1ccc(F)cc1. The lowest BCUT2D eigenvalue weighted by molar-refractivity contribution is -0.121. The molecule has 1 fully saturated rings. The lowest BCUT2D eigenvalue weighted by Crippen LogP contribution is -2.33. The van der Waals surface area contributed by atoms with Crippen LogP contribution in [0.25, 0.3) is 0 Å². The summed E-state index contributed by atoms with van der Waals surface area (Å²) in [5.74, 6) is -0.647. The number of piperidine rings is 1. The summed E-state index contributed by atoms with van der Waals surface area (Å²) in [6.45, 7) is 2.84. The first-order chi connectivity index (χ1) is 15.0. The van der Waals surface area contributed by atoms with E-state index in [0.29, 0.717) is 17.7 Å². The summed E-state index contributed by atoms with van der Waals surface area (Å²) in [7, 11) is 1.45. The van der Waals surface area contributed by atoms with Gasteiger partial charge in [-0.15, -0.1) is 0 Å². The van der Waals surface area contributed by atoms with Crippen molar-refractivity contribution in [2.75, 3.05) is 26.7 Å². The predicted octanol–water partition coefficient (Wildman–Crippen LogP) is 3.38. The average Bonchev–Trinajstić information content (AvgIpc) is 2.79. The van der Waals surface area contributed by atoms with Gasteiger partial charge in [0.2, 0.25) is 5.91 Å². The summed E-state index contributed by atoms with van der Waals surface area (Å²) in [6, 6.07) is 9.95. The van der Waals surface area contributed by atoms with Crippen LogP contribution in [0.4, 0.5) is 4.39 Å². The van der Waals surface area contributed by atoms with E-state index in [2.05, 4.69) is 15.4 Å². The minimum absolute atomic E-state index is 0.140. The Labute approximate surface area is 180 Å². The van der Waals surface area contributed by atoms with Gasteiger partial charge in [-0.2, -0.15) is 5.10 Å². The van der Waals surface area contributed by atoms with Crippen LogP contribution in [0.2, 0.25) is 0 Å². The number of amides is 1. The van der Waals surface area contributed by atoms with Crippen LogP contribution in [0.1, 0.15) is 41.6 Å². The van der Waals surface area contributed by atoms with E-state index in [4.69, 9.17) is 9.47 Å². The number of methoxy groups -OCH3 is 1. The maximum Gasteiger partial charge on any atom is 0.343 e. The number of benzene rings is 2. The van der Waals surface area contributed by atoms with Gasteiger partial charge in [0.25, 0.3) is 0 Å². The van der Waals surface area contributed by atoms with Crippen LogP contribution in [0.15, 0.2) is 47.6 Å². The summed E-state index contributed by atoms with van der Waals surface area (Å²) in [5, 5.41) is 3.99. The van der Waals surface area contributed by atoms with Crippen LogP contribution in [0.5, 0.6) is 11.5 Å². The standard InChI is InChI=1S/C23H26FN3O4/c1-30-21-15-17(16-25-26-22(28)11-14-27-12-3-2-4-13-27)5-10-20(21)31-23(29)18-6-8-19(24)9-7-18/h5-10,15-16H,2-4,11-14H2,1H3,(H,26,28)/b25-16+. The Kier molecular flexibility index (Phi) is 8.12. The van der Waals surface area contributed by atoms with Crippen molar-refractivity contribution in [3.8, 4) is 11.5 Å². The zero-order valence-electron chi connectivity index (χ0n) is 17.5. The Morgan fingerprint density at radius 3 is 2.55 bits per heavy atom. The zero-order chi connectivity index (χ0) is 22.1. The number of rotatable bonds is 8. The minimum atomic E-state index is -0.624. The molecule has 31 heavy (non-hydrogen) atoms. The maximum absolute atomic E-state index is 13.0. The second-order valence-electron chi connectivity index (χ2n) is 7.25. The highest BCUT2D eigenvalue weighted by atomic mass is 19.1. The number of carbonyl (C=O) groups is 2. The van der Waals surface area contributed by atoms with Gasteiger partial charge >= 0.3 is 5.97 Å². The molecule has 0 atom stereocenters. The first-order valence-corrected chi connectivity index (χ1v) is 10.2. The predicted molar refractivity (Wildman–Crippen MR) is 115 cm³/mol. The third kappa shape index (κ3) is 6.89. The van der Waals surface area contributed by atoms with Crippen LogP contribution in [0.3, 0.4) is 0 Å². The van der Waals surface area contributed by atoms with Gasteiger partial charge in [0.05, 0.1) is 18.9 Å². The van der Waals surface area contributed by atoms with Crippen LogP contribution < -0.4 is 14.9 Å². The first-order valence-electron chi connectivity index (χ1n) is 10.2. The Hall–Kier alpha value is -3.26. The topological polar surface area (TPSA) is 80.2 Å². The van der Waals surface area contributed by atoms with Crippen LogP contribution >= 0.6 is 0 Å². The summed E-state index contributed by atoms with van der Waals surface area (Å²) in [6.07, 6.45) is 5.54. The highest BCUT2D eigenvalue weighted by Gasteiger charge is 2.13. The second kappa shape index (κ2) is 11.2. The van der Waals surface area contributed by atoms with E-state index < -0.39 is 11.8 Å². The molecule has 1 heterocycles. The quantitative estimate of drug-likeness (QED) is 0.302. The Bertz CT molecular complexity index is 925. The number of nitrogens with zero attached hydrogens (tertiary/aromatic N) is 2. The van der Waals surface area contributed by atoms with Crippen molar-refractivity contribution < 1.29 is 23.5 Å². The molecule has 0 bridgehead atoms. The second-order valence-corrected chi connectivity index (χ2v) is 7.25. The Balaban J connectivity index is 1.53. The maximum atomic E-state index is 13.0. The van der Waals surface area contributed by atoms with Gasteiger partial charge < -0.3 is 14.4 Å². The third-order valence-corrected chi connectivity index (χ3v) is 4.98. The molecule has 164 valence electrons. The summed E-state index contributed by atoms with van der Waals surface area (Å²) < 4.78 is 23.6. The number of hydrogen-bond donors (Lipinski definition) is 1. The Morgan fingerprint density at radius 1 is 1.10 bits per heavy atom. The molecule has 0 saturated carbocycles. The normalized spacial score (nSPS) is 14.4. The zero-order valence-corrected chi connectivity index (χ0v) is 17.5. The first kappa shape index (κ1) is 22.4. The number of esters is 1. The molecule has 1 saturated heterocycles. The monoisotopic (exact) mass is 427 g/mol. The highest BCUT2D eigenvalue weighted by molar-refractivity contribution is 5.91. The molecule has 1 aliphatic rings. The van der Waals surface area contributed by atoms with Crippen molar-refractivity contribution in [1.82, 2.24) is 10.3 Å². The van der Waals surface area contributed by atoms with E-state index in [1.807, 2.05) is 0 Å². The molecule has 1 amide bonds. The largest absolute Gasteiger partial charge is 0.493 e. The van der Waals surface area contributed by atoms with Crippen LogP contribution in [0, 0.1) is 5.82 Å². The molecule has 0 unspecified atom stereocenters. The third-order valence-electron chi connectivity index (χ3n) is 4.98. The average molecular weight is 427 g/mol. The fraction of sp³-hybridized carbons (Fsp3) is 0.348. The lowest BCUT2D eigenvalue weighted by atomic mass is 10.1. The molecular weight excluding hydrogens is 401 g/mol. The molecule has 2 aromatic rings. The van der Waals surface area contributed by atoms with Gasteiger partial charge in [0, 0.05) is 13.0 Å². The number of carbonyl (C=O) groups excluding carboxylic acids is 2. The van der Waals surface area contributed by atoms with Crippen molar-refractivity contribution >= 4 is 18.1 Å². The van der Waals surface area contributed by atoms with Crippen molar-refractivity contribution in [1.29, 1.82) is 0 Å².